The predicted molar refractivity (Wildman–Crippen MR) is 111 cm³/mol. The summed E-state index contributed by atoms with van der Waals surface area (Å²) in [6, 6.07) is 12.5. The molecule has 0 saturated heterocycles. The Morgan fingerprint density at radius 3 is 2.86 bits per heavy atom. The van der Waals surface area contributed by atoms with Crippen molar-refractivity contribution in [2.45, 2.75) is 6.04 Å². The monoisotopic (exact) mass is 400 g/mol. The van der Waals surface area contributed by atoms with Gasteiger partial charge in [0.2, 0.25) is 0 Å². The number of fused-ring (bicyclic) bond motifs is 1. The van der Waals surface area contributed by atoms with Crippen LogP contribution in [0.2, 0.25) is 5.02 Å². The fourth-order valence-electron chi connectivity index (χ4n) is 3.50. The molecule has 2 bridgehead atoms. The molecule has 1 aliphatic heterocycles. The summed E-state index contributed by atoms with van der Waals surface area (Å²) < 4.78 is 19.6. The van der Waals surface area contributed by atoms with E-state index in [1.807, 2.05) is 31.3 Å². The summed E-state index contributed by atoms with van der Waals surface area (Å²) in [5, 5.41) is 1.05. The van der Waals surface area contributed by atoms with Crippen LogP contribution in [0.1, 0.15) is 0 Å². The standard InChI is InChI=1S/C21H22ClFN4O/c1-26-8-9-27(15-2-4-19(23)18(22)10-15)21-6-7-25-20-5-3-16(11-17(20)21)28-13-14(24)12-26/h2-7,10-11,14H,8-9,12-13,24H2,1H3. The number of likely N-dealkylation sites (N-methyl/N-ethyl adjacent to an activating group) is 1. The minimum Gasteiger partial charge on any atom is -0.492 e. The third kappa shape index (κ3) is 3.90. The number of hydrogen-bond acceptors (Lipinski definition) is 5. The number of pyridine rings is 1. The van der Waals surface area contributed by atoms with Gasteiger partial charge in [0.1, 0.15) is 18.2 Å². The van der Waals surface area contributed by atoms with Crippen molar-refractivity contribution >= 4 is 33.9 Å². The van der Waals surface area contributed by atoms with Gasteiger partial charge in [-0.1, -0.05) is 11.6 Å². The van der Waals surface area contributed by atoms with Crippen molar-refractivity contribution < 1.29 is 9.13 Å². The topological polar surface area (TPSA) is 54.6 Å². The van der Waals surface area contributed by atoms with E-state index in [-0.39, 0.29) is 11.1 Å². The molecule has 0 saturated carbocycles. The number of nitrogens with zero attached hydrogens (tertiary/aromatic N) is 3. The number of ether oxygens (including phenoxy) is 1. The summed E-state index contributed by atoms with van der Waals surface area (Å²) in [5.74, 6) is 0.315. The molecule has 5 nitrogen and oxygen atoms in total. The fourth-order valence-corrected chi connectivity index (χ4v) is 3.67. The van der Waals surface area contributed by atoms with E-state index in [4.69, 9.17) is 22.1 Å². The second kappa shape index (κ2) is 7.91. The van der Waals surface area contributed by atoms with Crippen molar-refractivity contribution in [3.05, 3.63) is 59.5 Å². The number of aromatic nitrogens is 1. The van der Waals surface area contributed by atoms with Gasteiger partial charge in [0.25, 0.3) is 0 Å². The molecule has 2 N–H and O–H groups in total. The first kappa shape index (κ1) is 18.9. The first-order chi connectivity index (χ1) is 13.5. The van der Waals surface area contributed by atoms with Crippen LogP contribution in [0.4, 0.5) is 15.8 Å². The zero-order valence-corrected chi connectivity index (χ0v) is 16.4. The summed E-state index contributed by atoms with van der Waals surface area (Å²) in [6.45, 7) is 2.62. The molecule has 1 atom stereocenters. The van der Waals surface area contributed by atoms with Gasteiger partial charge in [0, 0.05) is 36.9 Å². The van der Waals surface area contributed by atoms with Gasteiger partial charge >= 0.3 is 0 Å². The van der Waals surface area contributed by atoms with Crippen LogP contribution in [0, 0.1) is 5.82 Å². The Balaban J connectivity index is 1.86. The van der Waals surface area contributed by atoms with E-state index < -0.39 is 5.82 Å². The molecule has 146 valence electrons. The first-order valence-corrected chi connectivity index (χ1v) is 9.57. The quantitative estimate of drug-likeness (QED) is 0.673. The Labute approximate surface area is 168 Å². The lowest BCUT2D eigenvalue weighted by atomic mass is 10.1. The van der Waals surface area contributed by atoms with E-state index in [1.165, 1.54) is 6.07 Å². The molecule has 0 fully saturated rings. The molecule has 1 aliphatic rings. The molecule has 3 aromatic rings. The molecule has 2 aromatic carbocycles. The summed E-state index contributed by atoms with van der Waals surface area (Å²) in [6.07, 6.45) is 1.78. The van der Waals surface area contributed by atoms with Crippen molar-refractivity contribution in [2.75, 3.05) is 38.2 Å². The van der Waals surface area contributed by atoms with Crippen LogP contribution in [0.5, 0.6) is 5.75 Å². The second-order valence-corrected chi connectivity index (χ2v) is 7.50. The van der Waals surface area contributed by atoms with Gasteiger partial charge in [-0.25, -0.2) is 4.39 Å². The van der Waals surface area contributed by atoms with Gasteiger partial charge in [-0.15, -0.1) is 0 Å². The molecule has 28 heavy (non-hydrogen) atoms. The van der Waals surface area contributed by atoms with E-state index in [0.29, 0.717) is 19.7 Å². The zero-order valence-electron chi connectivity index (χ0n) is 15.6. The van der Waals surface area contributed by atoms with Crippen LogP contribution in [0.15, 0.2) is 48.7 Å². The summed E-state index contributed by atoms with van der Waals surface area (Å²) in [7, 11) is 2.03. The lowest BCUT2D eigenvalue weighted by Crippen LogP contribution is -2.42. The van der Waals surface area contributed by atoms with Crippen molar-refractivity contribution in [1.29, 1.82) is 0 Å². The Morgan fingerprint density at radius 1 is 1.18 bits per heavy atom. The van der Waals surface area contributed by atoms with E-state index in [0.717, 1.165) is 34.6 Å². The van der Waals surface area contributed by atoms with Gasteiger partial charge in [0.15, 0.2) is 0 Å². The highest BCUT2D eigenvalue weighted by atomic mass is 35.5. The van der Waals surface area contributed by atoms with Crippen molar-refractivity contribution in [3.8, 4) is 5.75 Å². The maximum atomic E-state index is 13.7. The molecule has 2 heterocycles. The average Bonchev–Trinajstić information content (AvgIpc) is 2.68. The second-order valence-electron chi connectivity index (χ2n) is 7.09. The van der Waals surface area contributed by atoms with Gasteiger partial charge in [-0.2, -0.15) is 0 Å². The Morgan fingerprint density at radius 2 is 2.04 bits per heavy atom. The number of rotatable bonds is 1. The molecule has 7 heteroatoms. The maximum Gasteiger partial charge on any atom is 0.141 e. The van der Waals surface area contributed by atoms with Crippen molar-refractivity contribution in [2.24, 2.45) is 5.73 Å². The van der Waals surface area contributed by atoms with Gasteiger partial charge < -0.3 is 20.3 Å². The molecule has 1 unspecified atom stereocenters. The van der Waals surface area contributed by atoms with E-state index in [1.54, 1.807) is 18.3 Å². The summed E-state index contributed by atoms with van der Waals surface area (Å²) in [5.41, 5.74) is 8.86. The number of hydrogen-bond donors (Lipinski definition) is 1. The molecule has 0 amide bonds. The zero-order chi connectivity index (χ0) is 19.7. The largest absolute Gasteiger partial charge is 0.492 e. The average molecular weight is 401 g/mol. The molecule has 0 spiro atoms. The summed E-state index contributed by atoms with van der Waals surface area (Å²) >= 11 is 6.07. The predicted octanol–water partition coefficient (Wildman–Crippen LogP) is 3.82. The Hall–Kier alpha value is -2.41. The van der Waals surface area contributed by atoms with Crippen molar-refractivity contribution in [3.63, 3.8) is 0 Å². The highest BCUT2D eigenvalue weighted by molar-refractivity contribution is 6.31. The van der Waals surface area contributed by atoms with Gasteiger partial charge in [0.05, 0.1) is 22.3 Å². The van der Waals surface area contributed by atoms with Crippen LogP contribution >= 0.6 is 11.6 Å². The van der Waals surface area contributed by atoms with Crippen LogP contribution in [0.25, 0.3) is 10.9 Å². The molecular formula is C21H22ClFN4O. The lowest BCUT2D eigenvalue weighted by molar-refractivity contribution is 0.239. The summed E-state index contributed by atoms with van der Waals surface area (Å²) in [4.78, 5) is 8.77. The highest BCUT2D eigenvalue weighted by Gasteiger charge is 2.18. The third-order valence-electron chi connectivity index (χ3n) is 4.91. The Kier molecular flexibility index (Phi) is 5.35. The van der Waals surface area contributed by atoms with E-state index >= 15 is 0 Å². The van der Waals surface area contributed by atoms with Gasteiger partial charge in [-0.05, 0) is 49.5 Å². The highest BCUT2D eigenvalue weighted by Crippen LogP contribution is 2.35. The fraction of sp³-hybridized carbons (Fsp3) is 0.286. The molecule has 1 aromatic heterocycles. The third-order valence-corrected chi connectivity index (χ3v) is 5.20. The SMILES string of the molecule is CN1CCN(c2ccc(F)c(Cl)c2)c2ccnc3ccc(cc23)OCC(N)C1. The maximum absolute atomic E-state index is 13.7. The van der Waals surface area contributed by atoms with Gasteiger partial charge in [-0.3, -0.25) is 4.98 Å². The first-order valence-electron chi connectivity index (χ1n) is 9.19. The molecule has 0 aliphatic carbocycles. The van der Waals surface area contributed by atoms with Crippen molar-refractivity contribution in [1.82, 2.24) is 9.88 Å². The number of nitrogens with two attached hydrogens (primary N) is 1. The molecule has 4 rings (SSSR count). The van der Waals surface area contributed by atoms with E-state index in [2.05, 4.69) is 14.8 Å². The number of benzene rings is 2. The normalized spacial score (nSPS) is 18.6. The van der Waals surface area contributed by atoms with Crippen LogP contribution in [-0.4, -0.2) is 49.2 Å². The number of anilines is 2. The smallest absolute Gasteiger partial charge is 0.141 e. The van der Waals surface area contributed by atoms with Crippen LogP contribution in [0.3, 0.4) is 0 Å². The minimum absolute atomic E-state index is 0.0952. The Bertz CT molecular complexity index is 999. The van der Waals surface area contributed by atoms with Crippen LogP contribution in [-0.2, 0) is 0 Å². The van der Waals surface area contributed by atoms with E-state index in [9.17, 15) is 4.39 Å². The number of halogens is 2. The molecular weight excluding hydrogens is 379 g/mol. The van der Waals surface area contributed by atoms with Crippen LogP contribution < -0.4 is 15.4 Å². The molecule has 0 radical (unpaired) electrons. The minimum atomic E-state index is -0.432. The lowest BCUT2D eigenvalue weighted by Gasteiger charge is -2.30.